The minimum Gasteiger partial charge on any atom is -0.497 e. The van der Waals surface area contributed by atoms with Gasteiger partial charge in [0.05, 0.1) is 18.1 Å². The summed E-state index contributed by atoms with van der Waals surface area (Å²) >= 11 is 0. The Labute approximate surface area is 181 Å². The Hall–Kier alpha value is -4.63. The Kier molecular flexibility index (Phi) is 3.65. The molecule has 3 aromatic carbocycles. The number of methoxy groups -OCH3 is 1. The first-order valence-electron chi connectivity index (χ1n) is 10.1. The number of rotatable bonds is 2. The van der Waals surface area contributed by atoms with E-state index in [2.05, 4.69) is 6.07 Å². The van der Waals surface area contributed by atoms with E-state index < -0.39 is 5.56 Å². The first kappa shape index (κ1) is 18.2. The number of hydrogen-bond acceptors (Lipinski definition) is 4. The summed E-state index contributed by atoms with van der Waals surface area (Å²) in [7, 11) is 1.58. The molecule has 0 aliphatic carbocycles. The molecular formula is C26H15N3O3. The maximum absolute atomic E-state index is 13.6. The molecule has 3 heterocycles. The highest BCUT2D eigenvalue weighted by atomic mass is 16.5. The predicted molar refractivity (Wildman–Crippen MR) is 124 cm³/mol. The molecule has 0 saturated heterocycles. The molecule has 0 amide bonds. The van der Waals surface area contributed by atoms with E-state index in [1.165, 1.54) is 4.40 Å². The topological polar surface area (TPSA) is 76.0 Å². The van der Waals surface area contributed by atoms with Gasteiger partial charge in [0.2, 0.25) is 0 Å². The molecule has 6 rings (SSSR count). The van der Waals surface area contributed by atoms with Gasteiger partial charge in [0.25, 0.3) is 11.1 Å². The van der Waals surface area contributed by atoms with E-state index in [0.29, 0.717) is 49.7 Å². The van der Waals surface area contributed by atoms with Crippen LogP contribution in [-0.2, 0) is 0 Å². The van der Waals surface area contributed by atoms with Gasteiger partial charge in [-0.2, -0.15) is 5.26 Å². The fourth-order valence-electron chi connectivity index (χ4n) is 4.67. The summed E-state index contributed by atoms with van der Waals surface area (Å²) in [4.78, 5) is 27.1. The number of hydrogen-bond donors (Lipinski definition) is 0. The summed E-state index contributed by atoms with van der Waals surface area (Å²) in [6.45, 7) is 0. The average molecular weight is 417 g/mol. The van der Waals surface area contributed by atoms with Crippen molar-refractivity contribution < 1.29 is 4.74 Å². The SMILES string of the molecule is COc1ccc(-c2c(C#N)c(=O)n3c4ccccc4n4c(=O)c5ccccc5c2c34)cc1. The summed E-state index contributed by atoms with van der Waals surface area (Å²) in [5, 5.41) is 12.0. The minimum atomic E-state index is -0.445. The van der Waals surface area contributed by atoms with Crippen molar-refractivity contribution in [1.29, 1.82) is 5.26 Å². The van der Waals surface area contributed by atoms with Crippen molar-refractivity contribution in [2.75, 3.05) is 7.11 Å². The van der Waals surface area contributed by atoms with Crippen LogP contribution in [0, 0.1) is 11.3 Å². The molecule has 0 N–H and O–H groups in total. The Balaban J connectivity index is 2.01. The van der Waals surface area contributed by atoms with Gasteiger partial charge in [-0.25, -0.2) is 0 Å². The number of fused-ring (bicyclic) bond motifs is 5. The van der Waals surface area contributed by atoms with Crippen molar-refractivity contribution in [3.8, 4) is 22.9 Å². The smallest absolute Gasteiger partial charge is 0.275 e. The van der Waals surface area contributed by atoms with Crippen molar-refractivity contribution >= 4 is 32.8 Å². The molecular weight excluding hydrogens is 402 g/mol. The van der Waals surface area contributed by atoms with Crippen LogP contribution in [0.3, 0.4) is 0 Å². The van der Waals surface area contributed by atoms with E-state index in [1.807, 2.05) is 48.5 Å². The van der Waals surface area contributed by atoms with Gasteiger partial charge in [0, 0.05) is 16.3 Å². The van der Waals surface area contributed by atoms with Crippen molar-refractivity contribution in [3.05, 3.63) is 99.1 Å². The number of ether oxygens (including phenoxy) is 1. The molecule has 152 valence electrons. The number of pyridine rings is 2. The molecule has 0 spiro atoms. The maximum Gasteiger partial charge on any atom is 0.275 e. The van der Waals surface area contributed by atoms with E-state index in [4.69, 9.17) is 4.74 Å². The Morgan fingerprint density at radius 3 is 2.00 bits per heavy atom. The molecule has 0 saturated carbocycles. The summed E-state index contributed by atoms with van der Waals surface area (Å²) < 4.78 is 8.35. The van der Waals surface area contributed by atoms with Crippen molar-refractivity contribution in [1.82, 2.24) is 8.80 Å². The van der Waals surface area contributed by atoms with Crippen molar-refractivity contribution in [2.45, 2.75) is 0 Å². The van der Waals surface area contributed by atoms with Crippen LogP contribution in [0.15, 0.2) is 82.4 Å². The maximum atomic E-state index is 13.6. The Bertz CT molecular complexity index is 1860. The van der Waals surface area contributed by atoms with Crippen LogP contribution in [0.1, 0.15) is 5.56 Å². The first-order chi connectivity index (χ1) is 15.7. The monoisotopic (exact) mass is 417 g/mol. The van der Waals surface area contributed by atoms with Gasteiger partial charge in [-0.05, 0) is 41.3 Å². The normalized spacial score (nSPS) is 11.5. The highest BCUT2D eigenvalue weighted by Gasteiger charge is 2.25. The van der Waals surface area contributed by atoms with Gasteiger partial charge in [-0.15, -0.1) is 0 Å². The number of benzene rings is 3. The Morgan fingerprint density at radius 1 is 0.781 bits per heavy atom. The number of aromatic nitrogens is 2. The molecule has 0 bridgehead atoms. The molecule has 32 heavy (non-hydrogen) atoms. The standard InChI is InChI=1S/C26H15N3O3/c1-32-16-12-10-15(11-13-16)22-19(14-27)26(31)29-21-9-5-4-8-20(21)28-24(29)23(22)17-6-2-3-7-18(17)25(28)30/h2-13H,1H3. The predicted octanol–water partition coefficient (Wildman–Crippen LogP) is 4.20. The van der Waals surface area contributed by atoms with E-state index >= 15 is 0 Å². The fraction of sp³-hybridized carbons (Fsp3) is 0.0385. The largest absolute Gasteiger partial charge is 0.497 e. The number of nitrogens with zero attached hydrogens (tertiary/aromatic N) is 3. The number of para-hydroxylation sites is 2. The second-order valence-electron chi connectivity index (χ2n) is 7.60. The highest BCUT2D eigenvalue weighted by Crippen LogP contribution is 2.36. The van der Waals surface area contributed by atoms with E-state index in [1.54, 1.807) is 35.8 Å². The number of imidazole rings is 1. The quantitative estimate of drug-likeness (QED) is 0.396. The minimum absolute atomic E-state index is 0.0368. The summed E-state index contributed by atoms with van der Waals surface area (Å²) in [5.74, 6) is 0.670. The van der Waals surface area contributed by atoms with Gasteiger partial charge >= 0.3 is 0 Å². The molecule has 3 aromatic heterocycles. The van der Waals surface area contributed by atoms with Crippen LogP contribution in [0.25, 0.3) is 44.0 Å². The van der Waals surface area contributed by atoms with Gasteiger partial charge in [-0.1, -0.05) is 42.5 Å². The lowest BCUT2D eigenvalue weighted by Gasteiger charge is -2.13. The van der Waals surface area contributed by atoms with Crippen LogP contribution in [0.4, 0.5) is 0 Å². The van der Waals surface area contributed by atoms with Gasteiger partial charge in [0.15, 0.2) is 0 Å². The first-order valence-corrected chi connectivity index (χ1v) is 10.1. The van der Waals surface area contributed by atoms with Crippen LogP contribution in [-0.4, -0.2) is 15.9 Å². The molecule has 6 heteroatoms. The molecule has 0 atom stereocenters. The lowest BCUT2D eigenvalue weighted by Crippen LogP contribution is -2.21. The number of nitriles is 1. The second kappa shape index (κ2) is 6.43. The van der Waals surface area contributed by atoms with Crippen LogP contribution in [0.5, 0.6) is 5.75 Å². The third-order valence-electron chi connectivity index (χ3n) is 6.05. The summed E-state index contributed by atoms with van der Waals surface area (Å²) in [6.07, 6.45) is 0. The lowest BCUT2D eigenvalue weighted by molar-refractivity contribution is 0.415. The van der Waals surface area contributed by atoms with Crippen LogP contribution >= 0.6 is 0 Å². The highest BCUT2D eigenvalue weighted by molar-refractivity contribution is 6.14. The molecule has 0 fully saturated rings. The molecule has 0 unspecified atom stereocenters. The molecule has 6 nitrogen and oxygen atoms in total. The molecule has 6 aromatic rings. The third kappa shape index (κ3) is 2.17. The summed E-state index contributed by atoms with van der Waals surface area (Å²) in [6, 6.07) is 24.0. The van der Waals surface area contributed by atoms with E-state index in [9.17, 15) is 14.9 Å². The zero-order valence-electron chi connectivity index (χ0n) is 17.0. The van der Waals surface area contributed by atoms with Crippen molar-refractivity contribution in [3.63, 3.8) is 0 Å². The van der Waals surface area contributed by atoms with Gasteiger partial charge in [0.1, 0.15) is 23.0 Å². The van der Waals surface area contributed by atoms with Gasteiger partial charge in [-0.3, -0.25) is 18.4 Å². The third-order valence-corrected chi connectivity index (χ3v) is 6.05. The zero-order valence-corrected chi connectivity index (χ0v) is 17.0. The van der Waals surface area contributed by atoms with Crippen LogP contribution < -0.4 is 15.9 Å². The Morgan fingerprint density at radius 2 is 1.38 bits per heavy atom. The average Bonchev–Trinajstić information content (AvgIpc) is 3.19. The van der Waals surface area contributed by atoms with Gasteiger partial charge < -0.3 is 4.74 Å². The van der Waals surface area contributed by atoms with Crippen molar-refractivity contribution in [2.24, 2.45) is 0 Å². The molecule has 0 radical (unpaired) electrons. The van der Waals surface area contributed by atoms with Crippen LogP contribution in [0.2, 0.25) is 0 Å². The molecule has 0 aliphatic heterocycles. The molecule has 0 aliphatic rings. The summed E-state index contributed by atoms with van der Waals surface area (Å²) in [5.41, 5.74) is 2.31. The zero-order chi connectivity index (χ0) is 22.0. The lowest BCUT2D eigenvalue weighted by atomic mass is 9.94. The second-order valence-corrected chi connectivity index (χ2v) is 7.60. The fourth-order valence-corrected chi connectivity index (χ4v) is 4.67. The van der Waals surface area contributed by atoms with E-state index in [0.717, 1.165) is 0 Å². The van der Waals surface area contributed by atoms with E-state index in [-0.39, 0.29) is 11.1 Å².